The molecule has 2 rings (SSSR count). The van der Waals surface area contributed by atoms with E-state index in [0.29, 0.717) is 5.75 Å². The molecule has 0 aromatic heterocycles. The van der Waals surface area contributed by atoms with Crippen LogP contribution in [0.2, 0.25) is 0 Å². The first-order valence-corrected chi connectivity index (χ1v) is 7.12. The summed E-state index contributed by atoms with van der Waals surface area (Å²) in [6, 6.07) is 17.9. The van der Waals surface area contributed by atoms with Crippen LogP contribution < -0.4 is 4.52 Å². The lowest BCUT2D eigenvalue weighted by Crippen LogP contribution is -1.88. The number of para-hydroxylation sites is 1. The third kappa shape index (κ3) is 3.88. The highest BCUT2D eigenvalue weighted by Crippen LogP contribution is 2.44. The van der Waals surface area contributed by atoms with Gasteiger partial charge >= 0.3 is 7.60 Å². The molecule has 0 heterocycles. The highest BCUT2D eigenvalue weighted by molar-refractivity contribution is 7.56. The van der Waals surface area contributed by atoms with Crippen LogP contribution in [0.5, 0.6) is 5.75 Å². The zero-order chi connectivity index (χ0) is 12.8. The molecule has 0 spiro atoms. The van der Waals surface area contributed by atoms with Crippen molar-refractivity contribution in [2.45, 2.75) is 0 Å². The predicted molar refractivity (Wildman–Crippen MR) is 72.4 cm³/mol. The van der Waals surface area contributed by atoms with Crippen molar-refractivity contribution in [3.05, 3.63) is 72.0 Å². The first kappa shape index (κ1) is 12.6. The number of rotatable bonds is 4. The minimum atomic E-state index is -3.76. The molecule has 0 aliphatic carbocycles. The number of hydrogen-bond acceptors (Lipinski definition) is 2. The van der Waals surface area contributed by atoms with Gasteiger partial charge in [0.1, 0.15) is 5.75 Å². The molecule has 0 fully saturated rings. The molecule has 1 atom stereocenters. The summed E-state index contributed by atoms with van der Waals surface area (Å²) < 4.78 is 16.9. The molecule has 3 nitrogen and oxygen atoms in total. The lowest BCUT2D eigenvalue weighted by atomic mass is 10.2. The Morgan fingerprint density at radius 3 is 2.11 bits per heavy atom. The van der Waals surface area contributed by atoms with Crippen LogP contribution in [0.3, 0.4) is 0 Å². The fourth-order valence-corrected chi connectivity index (χ4v) is 2.25. The largest absolute Gasteiger partial charge is 0.422 e. The summed E-state index contributed by atoms with van der Waals surface area (Å²) in [6.07, 6.45) is 1.57. The smallest absolute Gasteiger partial charge is 0.401 e. The van der Waals surface area contributed by atoms with Crippen molar-refractivity contribution in [2.24, 2.45) is 0 Å². The van der Waals surface area contributed by atoms with Gasteiger partial charge in [0.15, 0.2) is 0 Å². The molecule has 0 aliphatic heterocycles. The lowest BCUT2D eigenvalue weighted by Gasteiger charge is -2.09. The molecule has 0 bridgehead atoms. The van der Waals surface area contributed by atoms with Gasteiger partial charge in [0.05, 0.1) is 0 Å². The topological polar surface area (TPSA) is 46.5 Å². The average Bonchev–Trinajstić information content (AvgIpc) is 2.38. The zero-order valence-corrected chi connectivity index (χ0v) is 10.5. The molecule has 2 aromatic rings. The molecule has 0 saturated carbocycles. The van der Waals surface area contributed by atoms with Crippen molar-refractivity contribution in [1.82, 2.24) is 0 Å². The van der Waals surface area contributed by atoms with E-state index < -0.39 is 7.60 Å². The molecular weight excluding hydrogens is 247 g/mol. The van der Waals surface area contributed by atoms with Crippen LogP contribution >= 0.6 is 7.60 Å². The Morgan fingerprint density at radius 2 is 1.50 bits per heavy atom. The van der Waals surface area contributed by atoms with Crippen LogP contribution in [-0.4, -0.2) is 4.89 Å². The van der Waals surface area contributed by atoms with Gasteiger partial charge in [-0.2, -0.15) is 0 Å². The molecule has 92 valence electrons. The minimum Gasteiger partial charge on any atom is -0.422 e. The summed E-state index contributed by atoms with van der Waals surface area (Å²) in [6.45, 7) is 0. The van der Waals surface area contributed by atoms with Gasteiger partial charge in [-0.3, -0.25) is 0 Å². The van der Waals surface area contributed by atoms with Crippen molar-refractivity contribution in [1.29, 1.82) is 0 Å². The van der Waals surface area contributed by atoms with Crippen LogP contribution in [0.15, 0.2) is 66.5 Å². The maximum atomic E-state index is 11.8. The summed E-state index contributed by atoms with van der Waals surface area (Å²) in [4.78, 5) is 9.68. The molecule has 0 radical (unpaired) electrons. The number of benzene rings is 2. The summed E-state index contributed by atoms with van der Waals surface area (Å²) in [5.41, 5.74) is 0.850. The fourth-order valence-electron chi connectivity index (χ4n) is 1.41. The van der Waals surface area contributed by atoms with Gasteiger partial charge in [0, 0.05) is 5.82 Å². The van der Waals surface area contributed by atoms with E-state index in [9.17, 15) is 9.46 Å². The Hall–Kier alpha value is -1.83. The molecule has 1 N–H and O–H groups in total. The molecule has 0 amide bonds. The summed E-state index contributed by atoms with van der Waals surface area (Å²) >= 11 is 0. The lowest BCUT2D eigenvalue weighted by molar-refractivity contribution is 0.392. The molecule has 18 heavy (non-hydrogen) atoms. The van der Waals surface area contributed by atoms with Gasteiger partial charge in [-0.05, 0) is 23.8 Å². The van der Waals surface area contributed by atoms with Crippen molar-refractivity contribution in [3.8, 4) is 5.75 Å². The SMILES string of the molecule is O=P(O)(C=Cc1ccccc1)Oc1ccccc1. The zero-order valence-electron chi connectivity index (χ0n) is 9.64. The van der Waals surface area contributed by atoms with E-state index in [1.165, 1.54) is 5.82 Å². The van der Waals surface area contributed by atoms with Gasteiger partial charge in [-0.25, -0.2) is 4.57 Å². The van der Waals surface area contributed by atoms with E-state index >= 15 is 0 Å². The summed E-state index contributed by atoms with van der Waals surface area (Å²) in [5, 5.41) is 0. The van der Waals surface area contributed by atoms with Gasteiger partial charge in [0.2, 0.25) is 0 Å². The molecule has 4 heteroatoms. The van der Waals surface area contributed by atoms with Crippen LogP contribution in [0.25, 0.3) is 6.08 Å². The normalized spacial score (nSPS) is 14.3. The van der Waals surface area contributed by atoms with E-state index in [1.807, 2.05) is 36.4 Å². The van der Waals surface area contributed by atoms with Crippen LogP contribution in [0, 0.1) is 0 Å². The van der Waals surface area contributed by atoms with E-state index in [1.54, 1.807) is 30.3 Å². The maximum absolute atomic E-state index is 11.8. The Balaban J connectivity index is 2.08. The van der Waals surface area contributed by atoms with Gasteiger partial charge in [-0.1, -0.05) is 48.5 Å². The van der Waals surface area contributed by atoms with Crippen LogP contribution in [0.4, 0.5) is 0 Å². The van der Waals surface area contributed by atoms with Gasteiger partial charge in [-0.15, -0.1) is 0 Å². The predicted octanol–water partition coefficient (Wildman–Crippen LogP) is 3.92. The molecule has 0 aliphatic rings. The third-order valence-corrected chi connectivity index (χ3v) is 3.23. The van der Waals surface area contributed by atoms with Crippen molar-refractivity contribution in [3.63, 3.8) is 0 Å². The minimum absolute atomic E-state index is 0.376. The van der Waals surface area contributed by atoms with E-state index in [0.717, 1.165) is 5.56 Å². The molecule has 1 unspecified atom stereocenters. The van der Waals surface area contributed by atoms with E-state index in [-0.39, 0.29) is 0 Å². The highest BCUT2D eigenvalue weighted by atomic mass is 31.2. The Labute approximate surface area is 106 Å². The van der Waals surface area contributed by atoms with Gasteiger partial charge < -0.3 is 9.42 Å². The van der Waals surface area contributed by atoms with E-state index in [4.69, 9.17) is 4.52 Å². The first-order chi connectivity index (χ1) is 8.66. The first-order valence-electron chi connectivity index (χ1n) is 5.47. The Bertz CT molecular complexity index is 564. The van der Waals surface area contributed by atoms with Crippen molar-refractivity contribution in [2.75, 3.05) is 0 Å². The standard InChI is InChI=1S/C14H13O3P/c15-18(16,17-14-9-5-2-6-10-14)12-11-13-7-3-1-4-8-13/h1-12H,(H,15,16). The van der Waals surface area contributed by atoms with Gasteiger partial charge in [0.25, 0.3) is 0 Å². The van der Waals surface area contributed by atoms with Crippen molar-refractivity contribution >= 4 is 13.7 Å². The Kier molecular flexibility index (Phi) is 3.98. The van der Waals surface area contributed by atoms with E-state index in [2.05, 4.69) is 0 Å². The Morgan fingerprint density at radius 1 is 0.944 bits per heavy atom. The average molecular weight is 260 g/mol. The second-order valence-electron chi connectivity index (χ2n) is 3.69. The van der Waals surface area contributed by atoms with Crippen LogP contribution in [-0.2, 0) is 4.57 Å². The highest BCUT2D eigenvalue weighted by Gasteiger charge is 2.15. The fraction of sp³-hybridized carbons (Fsp3) is 0. The summed E-state index contributed by atoms with van der Waals surface area (Å²) in [7, 11) is -3.76. The van der Waals surface area contributed by atoms with Crippen molar-refractivity contribution < 1.29 is 14.0 Å². The second kappa shape index (κ2) is 5.67. The van der Waals surface area contributed by atoms with Crippen LogP contribution in [0.1, 0.15) is 5.56 Å². The maximum Gasteiger partial charge on any atom is 0.401 e. The third-order valence-electron chi connectivity index (χ3n) is 2.23. The number of hydrogen-bond donors (Lipinski definition) is 1. The molecule has 2 aromatic carbocycles. The summed E-state index contributed by atoms with van der Waals surface area (Å²) in [5.74, 6) is 1.57. The second-order valence-corrected chi connectivity index (χ2v) is 5.30. The monoisotopic (exact) mass is 260 g/mol. The molecular formula is C14H13O3P. The quantitative estimate of drug-likeness (QED) is 0.847. The molecule has 0 saturated heterocycles.